The number of fused-ring (bicyclic) bond motifs is 2. The van der Waals surface area contributed by atoms with Crippen LogP contribution in [0.3, 0.4) is 0 Å². The van der Waals surface area contributed by atoms with Gasteiger partial charge < -0.3 is 24.0 Å². The molecule has 3 nitrogen and oxygen atoms in total. The van der Waals surface area contributed by atoms with Gasteiger partial charge in [0.25, 0.3) is 5.82 Å². The molecule has 0 unspecified atom stereocenters. The zero-order valence-electron chi connectivity index (χ0n) is 19.3. The predicted octanol–water partition coefficient (Wildman–Crippen LogP) is 4.39. The normalized spacial score (nSPS) is 11.3. The number of hydrogen-bond donors (Lipinski definition) is 0. The maximum Gasteiger partial charge on any atom is 0.287 e. The molecule has 0 saturated heterocycles. The van der Waals surface area contributed by atoms with Crippen LogP contribution >= 0.6 is 11.3 Å². The van der Waals surface area contributed by atoms with Gasteiger partial charge in [-0.15, -0.1) is 11.3 Å². The second kappa shape index (κ2) is 10.1. The molecule has 2 heterocycles. The summed E-state index contributed by atoms with van der Waals surface area (Å²) >= 11 is 1.75. The molecule has 0 amide bonds. The summed E-state index contributed by atoms with van der Waals surface area (Å²) in [6, 6.07) is 36.1. The summed E-state index contributed by atoms with van der Waals surface area (Å²) in [5, 5.41) is 1.06. The van der Waals surface area contributed by atoms with Gasteiger partial charge in [0.15, 0.2) is 11.0 Å². The van der Waals surface area contributed by atoms with Crippen molar-refractivity contribution in [1.29, 1.82) is 0 Å². The van der Waals surface area contributed by atoms with Crippen molar-refractivity contribution < 1.29 is 28.5 Å². The first kappa shape index (κ1) is 23.5. The quantitative estimate of drug-likeness (QED) is 0.218. The highest BCUT2D eigenvalue weighted by Gasteiger charge is 2.24. The zero-order valence-corrected chi connectivity index (χ0v) is 22.3. The number of benzene rings is 4. The first-order valence-corrected chi connectivity index (χ1v) is 12.4. The van der Waals surface area contributed by atoms with E-state index >= 15 is 0 Å². The van der Waals surface area contributed by atoms with E-state index in [9.17, 15) is 0 Å². The van der Waals surface area contributed by atoms with Gasteiger partial charge in [0.1, 0.15) is 10.7 Å². The van der Waals surface area contributed by atoms with Crippen molar-refractivity contribution in [2.75, 3.05) is 0 Å². The smallest absolute Gasteiger partial charge is 0.287 e. The largest absolute Gasteiger partial charge is 1.00 e. The Labute approximate surface area is 226 Å². The minimum atomic E-state index is 0. The van der Waals surface area contributed by atoms with Crippen LogP contribution in [0.5, 0.6) is 0 Å². The summed E-state index contributed by atoms with van der Waals surface area (Å²) in [5.74, 6) is 1.15. The van der Waals surface area contributed by atoms with Crippen molar-refractivity contribution >= 4 is 44.7 Å². The van der Waals surface area contributed by atoms with Gasteiger partial charge >= 0.3 is 0 Å². The standard InChI is InChI=1S/C30H24N3S.HI/c1-2-32-27-21-23(30-31-25-15-9-10-16-28(25)34-30)18-19-26(27)33(24-13-7-4-8-14-24)29(32)20-17-22-11-5-3-6-12-22;/h3-21H,2H2,1H3;1H/q+1;/p-1/b20-17+;. The third kappa shape index (κ3) is 4.42. The molecule has 0 radical (unpaired) electrons. The van der Waals surface area contributed by atoms with Gasteiger partial charge in [0, 0.05) is 11.6 Å². The van der Waals surface area contributed by atoms with Crippen molar-refractivity contribution in [2.24, 2.45) is 0 Å². The number of imidazole rings is 1. The summed E-state index contributed by atoms with van der Waals surface area (Å²) in [7, 11) is 0. The summed E-state index contributed by atoms with van der Waals surface area (Å²) in [6.07, 6.45) is 4.41. The Hall–Kier alpha value is -3.29. The fourth-order valence-electron chi connectivity index (χ4n) is 4.51. The Morgan fingerprint density at radius 2 is 1.54 bits per heavy atom. The minimum absolute atomic E-state index is 0. The van der Waals surface area contributed by atoms with E-state index in [1.165, 1.54) is 21.3 Å². The summed E-state index contributed by atoms with van der Waals surface area (Å²) < 4.78 is 5.95. The molecule has 0 saturated carbocycles. The zero-order chi connectivity index (χ0) is 22.9. The third-order valence-corrected chi connectivity index (χ3v) is 7.19. The SMILES string of the molecule is CC[n+]1c(/C=C/c2ccccc2)n(-c2ccccc2)c2ccc(-c3nc4ccccc4s3)cc21.[I-]. The second-order valence-corrected chi connectivity index (χ2v) is 9.24. The second-order valence-electron chi connectivity index (χ2n) is 8.21. The average Bonchev–Trinajstić information content (AvgIpc) is 3.47. The van der Waals surface area contributed by atoms with Crippen molar-refractivity contribution in [1.82, 2.24) is 9.55 Å². The molecule has 6 rings (SSSR count). The molecule has 172 valence electrons. The molecule has 6 aromatic rings. The Balaban J connectivity index is 0.00000253. The van der Waals surface area contributed by atoms with Crippen molar-refractivity contribution in [3.8, 4) is 16.3 Å². The van der Waals surface area contributed by atoms with Gasteiger partial charge in [0.05, 0.1) is 16.8 Å². The molecule has 0 aliphatic heterocycles. The fraction of sp³-hybridized carbons (Fsp3) is 0.0667. The first-order valence-electron chi connectivity index (χ1n) is 11.5. The number of aromatic nitrogens is 3. The Morgan fingerprint density at radius 3 is 2.29 bits per heavy atom. The highest BCUT2D eigenvalue weighted by Crippen LogP contribution is 2.32. The minimum Gasteiger partial charge on any atom is -1.00 e. The average molecular weight is 586 g/mol. The van der Waals surface area contributed by atoms with Crippen LogP contribution in [0.15, 0.2) is 103 Å². The number of nitrogens with zero attached hydrogens (tertiary/aromatic N) is 3. The van der Waals surface area contributed by atoms with Crippen LogP contribution in [0.1, 0.15) is 18.3 Å². The third-order valence-electron chi connectivity index (χ3n) is 6.11. The van der Waals surface area contributed by atoms with Gasteiger partial charge in [-0.3, -0.25) is 0 Å². The molecular formula is C30H24IN3S. The van der Waals surface area contributed by atoms with Crippen molar-refractivity contribution in [3.05, 3.63) is 115 Å². The number of para-hydroxylation sites is 2. The lowest BCUT2D eigenvalue weighted by Crippen LogP contribution is -3.00. The topological polar surface area (TPSA) is 21.7 Å². The Morgan fingerprint density at radius 1 is 0.829 bits per heavy atom. The van der Waals surface area contributed by atoms with E-state index in [0.717, 1.165) is 34.1 Å². The number of halogens is 1. The van der Waals surface area contributed by atoms with Gasteiger partial charge in [-0.25, -0.2) is 9.55 Å². The number of rotatable bonds is 5. The van der Waals surface area contributed by atoms with E-state index in [1.54, 1.807) is 11.3 Å². The Bertz CT molecular complexity index is 1600. The molecule has 0 aliphatic carbocycles. The molecule has 5 heteroatoms. The van der Waals surface area contributed by atoms with E-state index in [2.05, 4.69) is 119 Å². The summed E-state index contributed by atoms with van der Waals surface area (Å²) in [4.78, 5) is 4.90. The van der Waals surface area contributed by atoms with E-state index in [-0.39, 0.29) is 24.0 Å². The molecule has 2 aromatic heterocycles. The molecule has 4 aromatic carbocycles. The van der Waals surface area contributed by atoms with Crippen LogP contribution in [-0.2, 0) is 6.54 Å². The molecule has 0 atom stereocenters. The van der Waals surface area contributed by atoms with Gasteiger partial charge in [-0.05, 0) is 61.0 Å². The van der Waals surface area contributed by atoms with Crippen molar-refractivity contribution in [3.63, 3.8) is 0 Å². The van der Waals surface area contributed by atoms with Crippen LogP contribution in [0.2, 0.25) is 0 Å². The van der Waals surface area contributed by atoms with E-state index in [4.69, 9.17) is 4.98 Å². The molecule has 35 heavy (non-hydrogen) atoms. The predicted molar refractivity (Wildman–Crippen MR) is 143 cm³/mol. The van der Waals surface area contributed by atoms with Crippen molar-refractivity contribution in [2.45, 2.75) is 13.5 Å². The van der Waals surface area contributed by atoms with Crippen LogP contribution in [0, 0.1) is 0 Å². The summed E-state index contributed by atoms with van der Waals surface area (Å²) in [6.45, 7) is 3.08. The molecule has 0 aliphatic rings. The van der Waals surface area contributed by atoms with Gasteiger partial charge in [-0.2, -0.15) is 4.57 Å². The maximum atomic E-state index is 4.90. The number of hydrogen-bond acceptors (Lipinski definition) is 2. The summed E-state index contributed by atoms with van der Waals surface area (Å²) in [5.41, 5.74) is 6.94. The highest BCUT2D eigenvalue weighted by atomic mass is 127. The van der Waals surface area contributed by atoms with E-state index in [1.807, 2.05) is 12.1 Å². The van der Waals surface area contributed by atoms with Gasteiger partial charge in [0.2, 0.25) is 0 Å². The maximum absolute atomic E-state index is 4.90. The molecule has 0 spiro atoms. The Kier molecular flexibility index (Phi) is 6.79. The molecular weight excluding hydrogens is 561 g/mol. The van der Waals surface area contributed by atoms with Crippen LogP contribution in [0.4, 0.5) is 0 Å². The lowest BCUT2D eigenvalue weighted by atomic mass is 10.2. The fourth-order valence-corrected chi connectivity index (χ4v) is 5.47. The lowest BCUT2D eigenvalue weighted by Gasteiger charge is -2.01. The monoisotopic (exact) mass is 585 g/mol. The molecule has 0 fully saturated rings. The van der Waals surface area contributed by atoms with E-state index < -0.39 is 0 Å². The molecule has 0 bridgehead atoms. The number of aryl methyl sites for hydroxylation is 1. The van der Waals surface area contributed by atoms with Gasteiger partial charge in [-0.1, -0.05) is 60.7 Å². The lowest BCUT2D eigenvalue weighted by molar-refractivity contribution is -0.670. The highest BCUT2D eigenvalue weighted by molar-refractivity contribution is 7.21. The van der Waals surface area contributed by atoms with E-state index in [0.29, 0.717) is 0 Å². The van der Waals surface area contributed by atoms with Crippen LogP contribution in [-0.4, -0.2) is 9.55 Å². The van der Waals surface area contributed by atoms with Crippen LogP contribution in [0.25, 0.3) is 49.7 Å². The number of thiazole rings is 1. The van der Waals surface area contributed by atoms with Crippen LogP contribution < -0.4 is 28.5 Å². The molecule has 0 N–H and O–H groups in total. The first-order chi connectivity index (χ1) is 16.8.